The van der Waals surface area contributed by atoms with Gasteiger partial charge in [0.15, 0.2) is 16.7 Å². The Bertz CT molecular complexity index is 1440. The molecule has 5 rings (SSSR count). The minimum absolute atomic E-state index is 0.0661. The summed E-state index contributed by atoms with van der Waals surface area (Å²) in [6.45, 7) is 2.64. The molecule has 0 saturated heterocycles. The van der Waals surface area contributed by atoms with Crippen molar-refractivity contribution in [3.05, 3.63) is 69.9 Å². The van der Waals surface area contributed by atoms with Crippen molar-refractivity contribution in [1.29, 1.82) is 0 Å². The summed E-state index contributed by atoms with van der Waals surface area (Å²) < 4.78 is 32.5. The van der Waals surface area contributed by atoms with E-state index in [2.05, 4.69) is 5.32 Å². The van der Waals surface area contributed by atoms with Gasteiger partial charge in [-0.3, -0.25) is 4.79 Å². The zero-order valence-electron chi connectivity index (χ0n) is 23.2. The van der Waals surface area contributed by atoms with E-state index < -0.39 is 12.0 Å². The van der Waals surface area contributed by atoms with Crippen molar-refractivity contribution >= 4 is 28.8 Å². The molecule has 0 aromatic heterocycles. The highest BCUT2D eigenvalue weighted by molar-refractivity contribution is 8.16. The molecule has 0 saturated carbocycles. The number of rotatable bonds is 11. The van der Waals surface area contributed by atoms with Gasteiger partial charge in [-0.05, 0) is 42.2 Å². The summed E-state index contributed by atoms with van der Waals surface area (Å²) in [5.41, 5.74) is 3.15. The third-order valence-electron chi connectivity index (χ3n) is 6.74. The van der Waals surface area contributed by atoms with Crippen LogP contribution in [0, 0.1) is 0 Å². The van der Waals surface area contributed by atoms with E-state index in [0.29, 0.717) is 57.2 Å². The van der Waals surface area contributed by atoms with Crippen molar-refractivity contribution in [2.24, 2.45) is 4.99 Å². The summed E-state index contributed by atoms with van der Waals surface area (Å²) >= 11 is 1.39. The van der Waals surface area contributed by atoms with E-state index in [1.54, 1.807) is 33.3 Å². The number of ether oxygens (including phenoxy) is 6. The minimum Gasteiger partial charge on any atom is -0.497 e. The van der Waals surface area contributed by atoms with Crippen LogP contribution in [-0.4, -0.2) is 63.3 Å². The molecule has 3 aliphatic rings. The van der Waals surface area contributed by atoms with Gasteiger partial charge >= 0.3 is 5.97 Å². The number of nitrogens with zero attached hydrogens (tertiary/aromatic N) is 2. The standard InChI is InChI=1S/C29H31N3O8S/c1-17-26(28(34)38-10-9-35-2)27(21-7-6-20(36-3)13-23(21)37-4)32-19(15-41-29(32)31-17)12-25(33)30-14-18-5-8-22-24(11-18)40-16-39-22/h5-8,11,13,15,27H,9-10,12,14,16H2,1-4H3,(H,30,33)/t27-/m1/s1. The number of fused-ring (bicyclic) bond motifs is 2. The first kappa shape index (κ1) is 28.4. The first-order valence-corrected chi connectivity index (χ1v) is 13.8. The number of amides is 1. The average Bonchev–Trinajstić information content (AvgIpc) is 3.61. The molecule has 3 aliphatic heterocycles. The number of benzene rings is 2. The summed E-state index contributed by atoms with van der Waals surface area (Å²) in [5, 5.41) is 5.50. The maximum Gasteiger partial charge on any atom is 0.338 e. The fourth-order valence-electron chi connectivity index (χ4n) is 4.74. The number of esters is 1. The molecule has 3 heterocycles. The van der Waals surface area contributed by atoms with Gasteiger partial charge in [-0.15, -0.1) is 0 Å². The summed E-state index contributed by atoms with van der Waals surface area (Å²) in [6.07, 6.45) is 0.0661. The minimum atomic E-state index is -0.652. The number of hydrogen-bond donors (Lipinski definition) is 1. The van der Waals surface area contributed by atoms with E-state index >= 15 is 0 Å². The predicted molar refractivity (Wildman–Crippen MR) is 152 cm³/mol. The van der Waals surface area contributed by atoms with Crippen molar-refractivity contribution in [1.82, 2.24) is 10.2 Å². The molecule has 1 atom stereocenters. The van der Waals surface area contributed by atoms with Crippen molar-refractivity contribution in [3.8, 4) is 23.0 Å². The van der Waals surface area contributed by atoms with Crippen LogP contribution < -0.4 is 24.3 Å². The molecule has 0 radical (unpaired) electrons. The van der Waals surface area contributed by atoms with Gasteiger partial charge in [0.2, 0.25) is 12.7 Å². The van der Waals surface area contributed by atoms with Crippen molar-refractivity contribution in [3.63, 3.8) is 0 Å². The molecule has 0 unspecified atom stereocenters. The van der Waals surface area contributed by atoms with E-state index in [1.165, 1.54) is 18.9 Å². The topological polar surface area (TPSA) is 117 Å². The Kier molecular flexibility index (Phi) is 8.70. The van der Waals surface area contributed by atoms with Gasteiger partial charge in [-0.25, -0.2) is 9.79 Å². The predicted octanol–water partition coefficient (Wildman–Crippen LogP) is 3.90. The van der Waals surface area contributed by atoms with Crippen LogP contribution in [0.2, 0.25) is 0 Å². The Hall–Kier alpha value is -4.16. The number of amidine groups is 1. The van der Waals surface area contributed by atoms with Gasteiger partial charge in [0.1, 0.15) is 18.1 Å². The average molecular weight is 582 g/mol. The Balaban J connectivity index is 1.41. The third kappa shape index (κ3) is 5.98. The molecule has 0 fully saturated rings. The molecule has 11 nitrogen and oxygen atoms in total. The highest BCUT2D eigenvalue weighted by atomic mass is 32.2. The molecule has 1 amide bonds. The molecular weight excluding hydrogens is 550 g/mol. The van der Waals surface area contributed by atoms with Crippen LogP contribution in [0.15, 0.2) is 63.8 Å². The van der Waals surface area contributed by atoms with E-state index in [-0.39, 0.29) is 32.3 Å². The summed E-state index contributed by atoms with van der Waals surface area (Å²) in [7, 11) is 4.67. The lowest BCUT2D eigenvalue weighted by Gasteiger charge is -2.36. The van der Waals surface area contributed by atoms with E-state index in [0.717, 1.165) is 5.56 Å². The fourth-order valence-corrected chi connectivity index (χ4v) is 5.71. The van der Waals surface area contributed by atoms with E-state index in [4.69, 9.17) is 33.4 Å². The zero-order chi connectivity index (χ0) is 28.9. The molecule has 1 N–H and O–H groups in total. The van der Waals surface area contributed by atoms with Crippen LogP contribution in [0.3, 0.4) is 0 Å². The molecule has 12 heteroatoms. The molecule has 2 aromatic rings. The lowest BCUT2D eigenvalue weighted by molar-refractivity contribution is -0.141. The fraction of sp³-hybridized carbons (Fsp3) is 0.345. The first-order valence-electron chi connectivity index (χ1n) is 12.9. The molecule has 216 valence electrons. The largest absolute Gasteiger partial charge is 0.497 e. The van der Waals surface area contributed by atoms with Gasteiger partial charge in [0.05, 0.1) is 44.6 Å². The van der Waals surface area contributed by atoms with E-state index in [9.17, 15) is 9.59 Å². The molecule has 2 aromatic carbocycles. The van der Waals surface area contributed by atoms with Gasteiger partial charge in [-0.1, -0.05) is 17.8 Å². The highest BCUT2D eigenvalue weighted by Crippen LogP contribution is 2.47. The lowest BCUT2D eigenvalue weighted by atomic mass is 9.93. The second-order valence-electron chi connectivity index (χ2n) is 9.27. The summed E-state index contributed by atoms with van der Waals surface area (Å²) in [4.78, 5) is 33.2. The van der Waals surface area contributed by atoms with Crippen LogP contribution in [0.4, 0.5) is 0 Å². The van der Waals surface area contributed by atoms with Crippen LogP contribution in [0.1, 0.15) is 30.5 Å². The van der Waals surface area contributed by atoms with Gasteiger partial charge in [0.25, 0.3) is 0 Å². The van der Waals surface area contributed by atoms with Gasteiger partial charge < -0.3 is 38.6 Å². The summed E-state index contributed by atoms with van der Waals surface area (Å²) in [6, 6.07) is 10.3. The second kappa shape index (κ2) is 12.6. The van der Waals surface area contributed by atoms with Crippen LogP contribution in [0.25, 0.3) is 0 Å². The number of methoxy groups -OCH3 is 3. The van der Waals surface area contributed by atoms with Crippen LogP contribution >= 0.6 is 11.8 Å². The molecular formula is C29H31N3O8S. The maximum absolute atomic E-state index is 13.4. The number of nitrogens with one attached hydrogen (secondary N) is 1. The number of carbonyl (C=O) groups is 2. The van der Waals surface area contributed by atoms with Gasteiger partial charge in [-0.2, -0.15) is 0 Å². The van der Waals surface area contributed by atoms with Crippen molar-refractivity contribution in [2.75, 3.05) is 41.3 Å². The van der Waals surface area contributed by atoms with Gasteiger partial charge in [0, 0.05) is 31.0 Å². The maximum atomic E-state index is 13.4. The molecule has 0 aliphatic carbocycles. The smallest absolute Gasteiger partial charge is 0.338 e. The zero-order valence-corrected chi connectivity index (χ0v) is 24.0. The number of aliphatic imine (C=N–C) groups is 1. The normalized spacial score (nSPS) is 17.1. The van der Waals surface area contributed by atoms with Crippen molar-refractivity contribution < 1.29 is 38.0 Å². The number of hydrogen-bond acceptors (Lipinski definition) is 11. The number of thioether (sulfide) groups is 1. The third-order valence-corrected chi connectivity index (χ3v) is 7.63. The molecule has 0 bridgehead atoms. The van der Waals surface area contributed by atoms with Crippen LogP contribution in [-0.2, 0) is 25.6 Å². The quantitative estimate of drug-likeness (QED) is 0.309. The monoisotopic (exact) mass is 581 g/mol. The first-order chi connectivity index (χ1) is 19.9. The number of carbonyl (C=O) groups excluding carboxylic acids is 2. The van der Waals surface area contributed by atoms with Crippen LogP contribution in [0.5, 0.6) is 23.0 Å². The Labute approximate surface area is 242 Å². The second-order valence-corrected chi connectivity index (χ2v) is 10.1. The lowest BCUT2D eigenvalue weighted by Crippen LogP contribution is -2.38. The Morgan fingerprint density at radius 2 is 1.90 bits per heavy atom. The number of allylic oxidation sites excluding steroid dienone is 1. The highest BCUT2D eigenvalue weighted by Gasteiger charge is 2.42. The van der Waals surface area contributed by atoms with Crippen molar-refractivity contribution in [2.45, 2.75) is 25.9 Å². The van der Waals surface area contributed by atoms with E-state index in [1.807, 2.05) is 34.6 Å². The molecule has 41 heavy (non-hydrogen) atoms. The Morgan fingerprint density at radius 3 is 2.68 bits per heavy atom. The Morgan fingerprint density at radius 1 is 1.07 bits per heavy atom. The molecule has 0 spiro atoms. The SMILES string of the molecule is COCCOC(=O)C1=C(C)N=C2SC=C(CC(=O)NCc3ccc4c(c3)OCO4)N2[C@@H]1c1ccc(OC)cc1OC. The summed E-state index contributed by atoms with van der Waals surface area (Å²) in [5.74, 6) is 1.76.